The van der Waals surface area contributed by atoms with Gasteiger partial charge in [-0.2, -0.15) is 10.2 Å². The summed E-state index contributed by atoms with van der Waals surface area (Å²) in [6, 6.07) is 8.32. The van der Waals surface area contributed by atoms with Crippen LogP contribution in [0.2, 0.25) is 0 Å². The van der Waals surface area contributed by atoms with Crippen molar-refractivity contribution in [3.8, 4) is 11.5 Å². The molecule has 0 aliphatic rings. The highest BCUT2D eigenvalue weighted by Gasteiger charge is 2.22. The second-order valence-corrected chi connectivity index (χ2v) is 5.06. The third kappa shape index (κ3) is 2.26. The van der Waals surface area contributed by atoms with Gasteiger partial charge in [-0.05, 0) is 34.6 Å². The summed E-state index contributed by atoms with van der Waals surface area (Å²) in [5, 5.41) is 18.5. The van der Waals surface area contributed by atoms with Crippen LogP contribution >= 0.6 is 0 Å². The molecule has 0 unspecified atom stereocenters. The van der Waals surface area contributed by atoms with Crippen LogP contribution in [0.15, 0.2) is 41.2 Å². The predicted octanol–water partition coefficient (Wildman–Crippen LogP) is 2.11. The first-order valence-electron chi connectivity index (χ1n) is 7.20. The van der Waals surface area contributed by atoms with Crippen LogP contribution in [-0.2, 0) is 6.54 Å². The molecule has 4 aromatic rings. The number of anilines is 1. The highest BCUT2D eigenvalue weighted by molar-refractivity contribution is 5.82. The van der Waals surface area contributed by atoms with Crippen molar-refractivity contribution in [2.75, 3.05) is 12.4 Å². The molecule has 120 valence electrons. The van der Waals surface area contributed by atoms with Crippen molar-refractivity contribution in [1.29, 1.82) is 0 Å². The Balaban J connectivity index is 1.96. The Morgan fingerprint density at radius 3 is 2.92 bits per heavy atom. The molecule has 1 N–H and O–H groups in total. The van der Waals surface area contributed by atoms with Crippen LogP contribution in [0.5, 0.6) is 0 Å². The van der Waals surface area contributed by atoms with Gasteiger partial charge in [0.2, 0.25) is 5.82 Å². The van der Waals surface area contributed by atoms with E-state index in [1.165, 1.54) is 6.07 Å². The van der Waals surface area contributed by atoms with Crippen molar-refractivity contribution in [1.82, 2.24) is 30.1 Å². The smallest absolute Gasteiger partial charge is 0.201 e. The molecule has 0 aliphatic carbocycles. The Bertz CT molecular complexity index is 996. The van der Waals surface area contributed by atoms with E-state index in [9.17, 15) is 4.39 Å². The van der Waals surface area contributed by atoms with E-state index in [2.05, 4.69) is 30.8 Å². The van der Waals surface area contributed by atoms with Gasteiger partial charge in [0.1, 0.15) is 11.3 Å². The van der Waals surface area contributed by atoms with Gasteiger partial charge >= 0.3 is 0 Å². The van der Waals surface area contributed by atoms with Gasteiger partial charge < -0.3 is 9.88 Å². The Morgan fingerprint density at radius 1 is 1.21 bits per heavy atom. The second kappa shape index (κ2) is 5.69. The minimum Gasteiger partial charge on any atom is -0.368 e. The Hall–Kier alpha value is -3.36. The van der Waals surface area contributed by atoms with Crippen molar-refractivity contribution in [2.45, 2.75) is 6.54 Å². The first kappa shape index (κ1) is 14.2. The lowest BCUT2D eigenvalue weighted by atomic mass is 10.3. The quantitative estimate of drug-likeness (QED) is 0.614. The van der Waals surface area contributed by atoms with Crippen LogP contribution < -0.4 is 5.32 Å². The molecular weight excluding hydrogens is 313 g/mol. The van der Waals surface area contributed by atoms with Gasteiger partial charge in [0, 0.05) is 13.2 Å². The van der Waals surface area contributed by atoms with E-state index in [1.807, 2.05) is 6.07 Å². The molecule has 0 amide bonds. The van der Waals surface area contributed by atoms with Gasteiger partial charge in [-0.3, -0.25) is 0 Å². The average Bonchev–Trinajstić information content (AvgIpc) is 3.21. The minimum absolute atomic E-state index is 0.288. The summed E-state index contributed by atoms with van der Waals surface area (Å²) in [6.45, 7) is 0.288. The van der Waals surface area contributed by atoms with Crippen molar-refractivity contribution in [3.05, 3.63) is 48.0 Å². The zero-order valence-electron chi connectivity index (χ0n) is 12.6. The molecule has 0 spiro atoms. The lowest BCUT2D eigenvalue weighted by Gasteiger charge is -2.07. The van der Waals surface area contributed by atoms with E-state index in [0.717, 1.165) is 0 Å². The monoisotopic (exact) mass is 325 g/mol. The highest BCUT2D eigenvalue weighted by Crippen LogP contribution is 2.29. The van der Waals surface area contributed by atoms with E-state index in [0.29, 0.717) is 34.1 Å². The number of halogens is 1. The lowest BCUT2D eigenvalue weighted by molar-refractivity contribution is 0.310. The fourth-order valence-electron chi connectivity index (χ4n) is 2.56. The van der Waals surface area contributed by atoms with Gasteiger partial charge in [0.25, 0.3) is 0 Å². The number of imidazole rings is 1. The Kier molecular flexibility index (Phi) is 3.38. The van der Waals surface area contributed by atoms with Gasteiger partial charge in [0.15, 0.2) is 11.5 Å². The molecule has 0 saturated carbocycles. The summed E-state index contributed by atoms with van der Waals surface area (Å²) >= 11 is 0. The first-order chi connectivity index (χ1) is 11.8. The maximum absolute atomic E-state index is 14.4. The van der Waals surface area contributed by atoms with Crippen molar-refractivity contribution >= 4 is 16.9 Å². The zero-order chi connectivity index (χ0) is 16.5. The lowest BCUT2D eigenvalue weighted by Crippen LogP contribution is -2.06. The maximum atomic E-state index is 14.4. The van der Waals surface area contributed by atoms with Gasteiger partial charge in [-0.1, -0.05) is 6.07 Å². The molecule has 0 fully saturated rings. The molecular formula is C15H12FN7O. The van der Waals surface area contributed by atoms with E-state index in [4.69, 9.17) is 4.63 Å². The largest absolute Gasteiger partial charge is 0.368 e. The molecule has 3 aromatic heterocycles. The summed E-state index contributed by atoms with van der Waals surface area (Å²) in [5.74, 6) is 0.482. The summed E-state index contributed by atoms with van der Waals surface area (Å²) in [5.41, 5.74) is 1.95. The normalized spacial score (nSPS) is 11.1. The van der Waals surface area contributed by atoms with E-state index in [1.54, 1.807) is 36.0 Å². The van der Waals surface area contributed by atoms with Crippen LogP contribution in [0, 0.1) is 5.82 Å². The topological polar surface area (TPSA) is 94.6 Å². The molecule has 24 heavy (non-hydrogen) atoms. The van der Waals surface area contributed by atoms with Crippen molar-refractivity contribution in [2.24, 2.45) is 0 Å². The molecule has 4 rings (SSSR count). The minimum atomic E-state index is -0.377. The molecule has 0 saturated heterocycles. The number of aromatic nitrogens is 6. The standard InChI is InChI=1S/C15H12FN7O/c1-17-14-12(21-24-22-14)15-19-11-6-2-5-10(16)13(11)23(15)8-9-4-3-7-18-20-9/h2-7H,8H2,1H3,(H,17,22). The summed E-state index contributed by atoms with van der Waals surface area (Å²) in [7, 11) is 1.69. The number of benzene rings is 1. The van der Waals surface area contributed by atoms with E-state index >= 15 is 0 Å². The van der Waals surface area contributed by atoms with Gasteiger partial charge in [-0.15, -0.1) is 0 Å². The van der Waals surface area contributed by atoms with Crippen LogP contribution in [0.1, 0.15) is 5.69 Å². The van der Waals surface area contributed by atoms with Gasteiger partial charge in [-0.25, -0.2) is 14.0 Å². The molecule has 8 nitrogen and oxygen atoms in total. The van der Waals surface area contributed by atoms with E-state index < -0.39 is 0 Å². The zero-order valence-corrected chi connectivity index (χ0v) is 12.6. The summed E-state index contributed by atoms with van der Waals surface area (Å²) < 4.78 is 20.9. The molecule has 9 heteroatoms. The number of nitrogens with one attached hydrogen (secondary N) is 1. The number of hydrogen-bond acceptors (Lipinski definition) is 7. The summed E-state index contributed by atoms with van der Waals surface area (Å²) in [6.07, 6.45) is 1.58. The number of nitrogens with zero attached hydrogens (tertiary/aromatic N) is 6. The number of rotatable bonds is 4. The number of para-hydroxylation sites is 1. The third-order valence-corrected chi connectivity index (χ3v) is 3.60. The fraction of sp³-hybridized carbons (Fsp3) is 0.133. The van der Waals surface area contributed by atoms with Crippen molar-refractivity contribution < 1.29 is 9.02 Å². The fourth-order valence-corrected chi connectivity index (χ4v) is 2.56. The third-order valence-electron chi connectivity index (χ3n) is 3.60. The van der Waals surface area contributed by atoms with Crippen LogP contribution in [0.4, 0.5) is 10.2 Å². The second-order valence-electron chi connectivity index (χ2n) is 5.06. The van der Waals surface area contributed by atoms with Crippen molar-refractivity contribution in [3.63, 3.8) is 0 Å². The number of hydrogen-bond donors (Lipinski definition) is 1. The van der Waals surface area contributed by atoms with E-state index in [-0.39, 0.29) is 12.4 Å². The molecule has 3 heterocycles. The maximum Gasteiger partial charge on any atom is 0.201 e. The Labute approximate surface area is 135 Å². The molecule has 0 atom stereocenters. The highest BCUT2D eigenvalue weighted by atomic mass is 19.1. The first-order valence-corrected chi connectivity index (χ1v) is 7.20. The average molecular weight is 325 g/mol. The SMILES string of the molecule is CNc1nonc1-c1nc2cccc(F)c2n1Cc1cccnn1. The molecule has 0 radical (unpaired) electrons. The van der Waals surface area contributed by atoms with Crippen LogP contribution in [0.25, 0.3) is 22.6 Å². The Morgan fingerprint density at radius 2 is 2.12 bits per heavy atom. The van der Waals surface area contributed by atoms with Gasteiger partial charge in [0.05, 0.1) is 17.8 Å². The summed E-state index contributed by atoms with van der Waals surface area (Å²) in [4.78, 5) is 4.49. The number of fused-ring (bicyclic) bond motifs is 1. The van der Waals surface area contributed by atoms with Crippen LogP contribution in [-0.4, -0.2) is 37.1 Å². The van der Waals surface area contributed by atoms with Crippen LogP contribution in [0.3, 0.4) is 0 Å². The molecule has 1 aromatic carbocycles. The predicted molar refractivity (Wildman–Crippen MR) is 83.7 cm³/mol. The molecule has 0 aliphatic heterocycles. The molecule has 0 bridgehead atoms.